The second-order valence-corrected chi connectivity index (χ2v) is 7.72. The fourth-order valence-electron chi connectivity index (χ4n) is 3.13. The minimum absolute atomic E-state index is 0.142. The Bertz CT molecular complexity index is 898. The molecule has 0 N–H and O–H groups in total. The zero-order valence-corrected chi connectivity index (χ0v) is 18.6. The van der Waals surface area contributed by atoms with Crippen molar-refractivity contribution < 1.29 is 19.2 Å². The minimum atomic E-state index is -0.352. The van der Waals surface area contributed by atoms with Crippen molar-refractivity contribution in [1.82, 2.24) is 29.6 Å². The van der Waals surface area contributed by atoms with Crippen LogP contribution in [0.1, 0.15) is 42.0 Å². The van der Waals surface area contributed by atoms with Gasteiger partial charge in [-0.2, -0.15) is 0 Å². The largest absolute Gasteiger partial charge is 0.339 e. The zero-order valence-electron chi connectivity index (χ0n) is 18.6. The molecular formula is C22H26N6O4. The van der Waals surface area contributed by atoms with Gasteiger partial charge >= 0.3 is 0 Å². The van der Waals surface area contributed by atoms with Gasteiger partial charge in [0, 0.05) is 54.4 Å². The third kappa shape index (κ3) is 4.90. The molecule has 0 aliphatic carbocycles. The maximum Gasteiger partial charge on any atom is 0.272 e. The van der Waals surface area contributed by atoms with E-state index in [4.69, 9.17) is 0 Å². The molecule has 1 aliphatic heterocycles. The Labute approximate surface area is 186 Å². The average Bonchev–Trinajstić information content (AvgIpc) is 2.82. The number of hydrogen-bond acceptors (Lipinski definition) is 6. The smallest absolute Gasteiger partial charge is 0.272 e. The van der Waals surface area contributed by atoms with Crippen molar-refractivity contribution in [2.75, 3.05) is 54.4 Å². The van der Waals surface area contributed by atoms with E-state index < -0.39 is 0 Å². The summed E-state index contributed by atoms with van der Waals surface area (Å²) in [5.74, 6) is -1.41. The van der Waals surface area contributed by atoms with E-state index in [1.807, 2.05) is 0 Å². The highest BCUT2D eigenvalue weighted by molar-refractivity contribution is 5.97. The van der Waals surface area contributed by atoms with Crippen LogP contribution in [0.4, 0.5) is 0 Å². The van der Waals surface area contributed by atoms with Crippen molar-refractivity contribution in [1.29, 1.82) is 0 Å². The summed E-state index contributed by atoms with van der Waals surface area (Å²) >= 11 is 0. The fourth-order valence-corrected chi connectivity index (χ4v) is 3.13. The quantitative estimate of drug-likeness (QED) is 0.592. The Morgan fingerprint density at radius 3 is 0.938 bits per heavy atom. The van der Waals surface area contributed by atoms with Crippen LogP contribution in [-0.4, -0.2) is 108 Å². The highest BCUT2D eigenvalue weighted by Gasteiger charge is 2.22. The van der Waals surface area contributed by atoms with Gasteiger partial charge in [0.1, 0.15) is 22.8 Å². The molecule has 3 rings (SSSR count). The van der Waals surface area contributed by atoms with Gasteiger partial charge in [-0.25, -0.2) is 9.97 Å². The highest BCUT2D eigenvalue weighted by atomic mass is 16.2. The van der Waals surface area contributed by atoms with E-state index in [9.17, 15) is 19.2 Å². The number of carbonyl (C=O) groups is 4. The molecule has 2 aromatic heterocycles. The summed E-state index contributed by atoms with van der Waals surface area (Å²) in [5, 5.41) is 0. The Morgan fingerprint density at radius 1 is 0.500 bits per heavy atom. The summed E-state index contributed by atoms with van der Waals surface area (Å²) in [6, 6.07) is 9.40. The topological polar surface area (TPSA) is 107 Å². The molecule has 0 fully saturated rings. The summed E-state index contributed by atoms with van der Waals surface area (Å²) in [5.41, 5.74) is 0.569. The minimum Gasteiger partial charge on any atom is -0.339 e. The zero-order chi connectivity index (χ0) is 23.4. The Balaban J connectivity index is 1.94. The van der Waals surface area contributed by atoms with Crippen LogP contribution in [-0.2, 0) is 0 Å². The average molecular weight is 438 g/mol. The summed E-state index contributed by atoms with van der Waals surface area (Å²) in [6.07, 6.45) is 0. The molecule has 2 aromatic rings. The number of likely N-dealkylation sites (N-methyl/N-ethyl adjacent to an activating group) is 4. The van der Waals surface area contributed by atoms with E-state index in [-0.39, 0.29) is 72.6 Å². The molecule has 10 heteroatoms. The van der Waals surface area contributed by atoms with Crippen molar-refractivity contribution in [3.63, 3.8) is 0 Å². The van der Waals surface area contributed by atoms with Crippen molar-refractivity contribution in [3.8, 4) is 0 Å². The van der Waals surface area contributed by atoms with Crippen molar-refractivity contribution in [2.24, 2.45) is 0 Å². The normalized spacial score (nSPS) is 16.9. The lowest BCUT2D eigenvalue weighted by Gasteiger charge is -2.24. The van der Waals surface area contributed by atoms with Gasteiger partial charge in [-0.05, 0) is 24.3 Å². The second-order valence-electron chi connectivity index (χ2n) is 7.72. The van der Waals surface area contributed by atoms with E-state index in [2.05, 4.69) is 9.97 Å². The number of aromatic nitrogens is 2. The molecule has 0 radical (unpaired) electrons. The lowest BCUT2D eigenvalue weighted by molar-refractivity contribution is 0.0698. The maximum absolute atomic E-state index is 12.8. The molecular weight excluding hydrogens is 412 g/mol. The van der Waals surface area contributed by atoms with Crippen LogP contribution in [0.25, 0.3) is 0 Å². The van der Waals surface area contributed by atoms with Crippen molar-refractivity contribution >= 4 is 23.6 Å². The number of nitrogens with zero attached hydrogens (tertiary/aromatic N) is 6. The summed E-state index contributed by atoms with van der Waals surface area (Å²) < 4.78 is 0. The maximum atomic E-state index is 12.8. The lowest BCUT2D eigenvalue weighted by Crippen LogP contribution is -2.39. The number of fused-ring (bicyclic) bond motifs is 4. The van der Waals surface area contributed by atoms with Gasteiger partial charge in [0.2, 0.25) is 0 Å². The highest BCUT2D eigenvalue weighted by Crippen LogP contribution is 2.09. The van der Waals surface area contributed by atoms with E-state index in [0.29, 0.717) is 0 Å². The van der Waals surface area contributed by atoms with Crippen LogP contribution in [0, 0.1) is 0 Å². The van der Waals surface area contributed by atoms with Crippen LogP contribution in [0.15, 0.2) is 36.4 Å². The molecule has 0 unspecified atom stereocenters. The van der Waals surface area contributed by atoms with Gasteiger partial charge in [0.25, 0.3) is 23.6 Å². The predicted molar refractivity (Wildman–Crippen MR) is 116 cm³/mol. The first-order valence-electron chi connectivity index (χ1n) is 10.1. The second kappa shape index (κ2) is 9.54. The number of hydrogen-bond donors (Lipinski definition) is 0. The summed E-state index contributed by atoms with van der Waals surface area (Å²) in [6.45, 7) is 1.01. The molecule has 168 valence electrons. The summed E-state index contributed by atoms with van der Waals surface area (Å²) in [4.78, 5) is 65.3. The molecule has 1 aliphatic rings. The predicted octanol–water partition coefficient (Wildman–Crippen LogP) is 0.478. The molecule has 4 bridgehead atoms. The first-order valence-corrected chi connectivity index (χ1v) is 10.1. The van der Waals surface area contributed by atoms with E-state index in [0.717, 1.165) is 0 Å². The van der Waals surface area contributed by atoms with Gasteiger partial charge in [0.15, 0.2) is 0 Å². The molecule has 0 aromatic carbocycles. The van der Waals surface area contributed by atoms with Crippen LogP contribution in [0.5, 0.6) is 0 Å². The number of carbonyl (C=O) groups excluding carboxylic acids is 4. The molecule has 0 atom stereocenters. The van der Waals surface area contributed by atoms with Gasteiger partial charge < -0.3 is 19.6 Å². The third-order valence-corrected chi connectivity index (χ3v) is 5.30. The van der Waals surface area contributed by atoms with E-state index >= 15 is 0 Å². The van der Waals surface area contributed by atoms with Crippen molar-refractivity contribution in [2.45, 2.75) is 0 Å². The van der Waals surface area contributed by atoms with Crippen LogP contribution in [0.2, 0.25) is 0 Å². The van der Waals surface area contributed by atoms with Crippen molar-refractivity contribution in [3.05, 3.63) is 59.2 Å². The van der Waals surface area contributed by atoms with Crippen LogP contribution in [0.3, 0.4) is 0 Å². The fraction of sp³-hybridized carbons (Fsp3) is 0.364. The first kappa shape index (κ1) is 22.9. The Morgan fingerprint density at radius 2 is 0.719 bits per heavy atom. The Kier molecular flexibility index (Phi) is 6.82. The molecule has 0 saturated carbocycles. The summed E-state index contributed by atoms with van der Waals surface area (Å²) in [7, 11) is 6.42. The molecule has 10 nitrogen and oxygen atoms in total. The molecule has 3 heterocycles. The molecule has 0 spiro atoms. The lowest BCUT2D eigenvalue weighted by atomic mass is 10.2. The number of pyridine rings is 2. The van der Waals surface area contributed by atoms with Gasteiger partial charge in [-0.1, -0.05) is 12.1 Å². The van der Waals surface area contributed by atoms with Gasteiger partial charge in [0.05, 0.1) is 0 Å². The van der Waals surface area contributed by atoms with Crippen LogP contribution >= 0.6 is 0 Å². The van der Waals surface area contributed by atoms with E-state index in [1.165, 1.54) is 19.6 Å². The third-order valence-electron chi connectivity index (χ3n) is 5.30. The SMILES string of the molecule is CN1CCN(C)C(=O)c2cccc(n2)C(=O)N(C)CCN(C)C(=O)c2cccc(n2)C1=O. The number of amides is 4. The van der Waals surface area contributed by atoms with Gasteiger partial charge in [-0.15, -0.1) is 0 Å². The number of rotatable bonds is 0. The van der Waals surface area contributed by atoms with E-state index in [1.54, 1.807) is 64.6 Å². The molecule has 0 saturated heterocycles. The van der Waals surface area contributed by atoms with Crippen LogP contribution < -0.4 is 0 Å². The molecule has 4 amide bonds. The monoisotopic (exact) mass is 438 g/mol. The molecule has 32 heavy (non-hydrogen) atoms. The standard InChI is InChI=1S/C22H26N6O4/c1-25-11-12-26(2)20(30)17-9-6-10-18(24-17)22(32)28(4)14-13-27(3)21(31)16-8-5-7-15(23-16)19(25)29/h5-10H,11-14H2,1-4H3. The first-order chi connectivity index (χ1) is 15.2. The Hall–Kier alpha value is -3.82. The van der Waals surface area contributed by atoms with Gasteiger partial charge in [-0.3, -0.25) is 19.2 Å².